The summed E-state index contributed by atoms with van der Waals surface area (Å²) < 4.78 is 10.2. The van der Waals surface area contributed by atoms with Gasteiger partial charge < -0.3 is 20.3 Å². The Kier molecular flexibility index (Phi) is 6.19. The maximum absolute atomic E-state index is 11.5. The van der Waals surface area contributed by atoms with Gasteiger partial charge in [0, 0.05) is 33.4 Å². The van der Waals surface area contributed by atoms with E-state index in [2.05, 4.69) is 0 Å². The minimum absolute atomic E-state index is 0.0878. The summed E-state index contributed by atoms with van der Waals surface area (Å²) >= 11 is 0. The van der Waals surface area contributed by atoms with E-state index < -0.39 is 11.5 Å². The summed E-state index contributed by atoms with van der Waals surface area (Å²) in [5, 5.41) is 9.41. The summed E-state index contributed by atoms with van der Waals surface area (Å²) in [5.74, 6) is -0.827. The summed E-state index contributed by atoms with van der Waals surface area (Å²) in [6, 6.07) is 0.112. The molecule has 112 valence electrons. The zero-order valence-electron chi connectivity index (χ0n) is 12.1. The molecule has 1 saturated carbocycles. The van der Waals surface area contributed by atoms with E-state index in [4.69, 9.17) is 15.2 Å². The summed E-state index contributed by atoms with van der Waals surface area (Å²) in [7, 11) is 3.27. The second-order valence-electron chi connectivity index (χ2n) is 5.39. The number of nitrogens with two attached hydrogens (primary N) is 1. The number of methoxy groups -OCH3 is 2. The van der Waals surface area contributed by atoms with Gasteiger partial charge in [0.15, 0.2) is 0 Å². The molecule has 0 amide bonds. The van der Waals surface area contributed by atoms with Crippen molar-refractivity contribution in [1.82, 2.24) is 4.90 Å². The Morgan fingerprint density at radius 3 is 2.53 bits per heavy atom. The Balaban J connectivity index is 2.70. The quantitative estimate of drug-likeness (QED) is 0.590. The van der Waals surface area contributed by atoms with Gasteiger partial charge in [0.05, 0.1) is 13.2 Å². The number of aliphatic carboxylic acids is 1. The van der Waals surface area contributed by atoms with Gasteiger partial charge in [-0.15, -0.1) is 0 Å². The largest absolute Gasteiger partial charge is 0.480 e. The molecular formula is C13H26N2O4. The number of nitrogens with zero attached hydrogens (tertiary/aromatic N) is 1. The van der Waals surface area contributed by atoms with Gasteiger partial charge in [0.25, 0.3) is 0 Å². The lowest BCUT2D eigenvalue weighted by molar-refractivity contribution is -0.145. The third kappa shape index (κ3) is 4.42. The number of carboxylic acid groups (broad SMARTS) is 1. The first-order chi connectivity index (χ1) is 8.95. The predicted octanol–water partition coefficient (Wildman–Crippen LogP) is 0.162. The first kappa shape index (κ1) is 16.4. The second-order valence-corrected chi connectivity index (χ2v) is 5.39. The van der Waals surface area contributed by atoms with Gasteiger partial charge in [-0.3, -0.25) is 9.69 Å². The van der Waals surface area contributed by atoms with Crippen LogP contribution in [0.3, 0.4) is 0 Å². The summed E-state index contributed by atoms with van der Waals surface area (Å²) in [6.07, 6.45) is 1.80. The number of hydrogen-bond donors (Lipinski definition) is 2. The molecule has 0 aromatic carbocycles. The van der Waals surface area contributed by atoms with Crippen LogP contribution >= 0.6 is 0 Å². The Hall–Kier alpha value is -0.690. The highest BCUT2D eigenvalue weighted by Gasteiger charge is 2.49. The van der Waals surface area contributed by atoms with E-state index in [1.54, 1.807) is 14.2 Å². The van der Waals surface area contributed by atoms with Gasteiger partial charge in [0.1, 0.15) is 5.54 Å². The molecule has 0 bridgehead atoms. The van der Waals surface area contributed by atoms with E-state index >= 15 is 0 Å². The van der Waals surface area contributed by atoms with Crippen LogP contribution in [0.5, 0.6) is 0 Å². The highest BCUT2D eigenvalue weighted by Crippen LogP contribution is 2.39. The molecule has 2 unspecified atom stereocenters. The molecule has 0 saturated heterocycles. The van der Waals surface area contributed by atoms with Gasteiger partial charge >= 0.3 is 5.97 Å². The Bertz CT molecular complexity index is 296. The van der Waals surface area contributed by atoms with Crippen molar-refractivity contribution < 1.29 is 19.4 Å². The average Bonchev–Trinajstić information content (AvgIpc) is 3.18. The van der Waals surface area contributed by atoms with Crippen LogP contribution in [0.4, 0.5) is 0 Å². The van der Waals surface area contributed by atoms with Crippen LogP contribution in [0.2, 0.25) is 0 Å². The molecule has 0 radical (unpaired) electrons. The number of carboxylic acids is 1. The molecule has 0 aromatic rings. The summed E-state index contributed by atoms with van der Waals surface area (Å²) in [5.41, 5.74) is 4.97. The molecule has 6 heteroatoms. The molecule has 6 nitrogen and oxygen atoms in total. The zero-order valence-corrected chi connectivity index (χ0v) is 12.1. The average molecular weight is 274 g/mol. The Morgan fingerprint density at radius 1 is 1.47 bits per heavy atom. The molecule has 1 aliphatic rings. The molecule has 0 spiro atoms. The fraction of sp³-hybridized carbons (Fsp3) is 0.923. The molecule has 1 fully saturated rings. The first-order valence-corrected chi connectivity index (χ1v) is 6.70. The van der Waals surface area contributed by atoms with Crippen LogP contribution < -0.4 is 5.73 Å². The predicted molar refractivity (Wildman–Crippen MR) is 72.1 cm³/mol. The van der Waals surface area contributed by atoms with E-state index in [9.17, 15) is 9.90 Å². The van der Waals surface area contributed by atoms with Crippen LogP contribution in [0.25, 0.3) is 0 Å². The topological polar surface area (TPSA) is 85.0 Å². The van der Waals surface area contributed by atoms with Crippen LogP contribution in [0, 0.1) is 5.92 Å². The van der Waals surface area contributed by atoms with Crippen molar-refractivity contribution in [2.75, 3.05) is 40.5 Å². The van der Waals surface area contributed by atoms with Crippen molar-refractivity contribution in [3.63, 3.8) is 0 Å². The van der Waals surface area contributed by atoms with Crippen molar-refractivity contribution in [2.24, 2.45) is 11.7 Å². The summed E-state index contributed by atoms with van der Waals surface area (Å²) in [6.45, 7) is 4.09. The van der Waals surface area contributed by atoms with Gasteiger partial charge in [-0.1, -0.05) is 0 Å². The zero-order chi connectivity index (χ0) is 14.5. The third-order valence-electron chi connectivity index (χ3n) is 3.78. The normalized spacial score (nSPS) is 20.3. The van der Waals surface area contributed by atoms with Gasteiger partial charge in [0.2, 0.25) is 0 Å². The van der Waals surface area contributed by atoms with Crippen LogP contribution in [0.15, 0.2) is 0 Å². The van der Waals surface area contributed by atoms with E-state index in [-0.39, 0.29) is 12.0 Å². The Labute approximate surface area is 114 Å². The van der Waals surface area contributed by atoms with Crippen molar-refractivity contribution in [2.45, 2.75) is 31.3 Å². The van der Waals surface area contributed by atoms with Crippen LogP contribution in [-0.2, 0) is 14.3 Å². The first-order valence-electron chi connectivity index (χ1n) is 6.70. The molecular weight excluding hydrogens is 248 g/mol. The maximum atomic E-state index is 11.5. The van der Waals surface area contributed by atoms with Crippen molar-refractivity contribution in [1.29, 1.82) is 0 Å². The molecule has 1 rings (SSSR count). The monoisotopic (exact) mass is 274 g/mol. The summed E-state index contributed by atoms with van der Waals surface area (Å²) in [4.78, 5) is 13.5. The molecule has 19 heavy (non-hydrogen) atoms. The van der Waals surface area contributed by atoms with Crippen molar-refractivity contribution in [3.05, 3.63) is 0 Å². The fourth-order valence-corrected chi connectivity index (χ4v) is 2.32. The van der Waals surface area contributed by atoms with Crippen LogP contribution in [0.1, 0.15) is 19.8 Å². The second kappa shape index (κ2) is 7.19. The minimum Gasteiger partial charge on any atom is -0.480 e. The smallest absolute Gasteiger partial charge is 0.325 e. The lowest BCUT2D eigenvalue weighted by Crippen LogP contribution is -2.60. The highest BCUT2D eigenvalue weighted by atomic mass is 16.5. The number of ether oxygens (including phenoxy) is 2. The number of rotatable bonds is 10. The lowest BCUT2D eigenvalue weighted by Gasteiger charge is -2.35. The van der Waals surface area contributed by atoms with E-state index in [0.717, 1.165) is 12.8 Å². The van der Waals surface area contributed by atoms with Gasteiger partial charge in [-0.05, 0) is 25.7 Å². The Morgan fingerprint density at radius 2 is 2.11 bits per heavy atom. The SMILES string of the molecule is COCCN(CC(N)(C(=O)O)C1CC1)C(C)COC. The van der Waals surface area contributed by atoms with Gasteiger partial charge in [-0.2, -0.15) is 0 Å². The fourth-order valence-electron chi connectivity index (χ4n) is 2.32. The molecule has 1 aliphatic carbocycles. The number of carbonyl (C=O) groups is 1. The standard InChI is InChI=1S/C13H26N2O4/c1-10(8-19-3)15(6-7-18-2)9-13(14,12(16)17)11-4-5-11/h10-11H,4-9,14H2,1-3H3,(H,16,17). The van der Waals surface area contributed by atoms with E-state index in [0.29, 0.717) is 26.3 Å². The molecule has 0 heterocycles. The minimum atomic E-state index is -1.16. The third-order valence-corrected chi connectivity index (χ3v) is 3.78. The number of hydrogen-bond acceptors (Lipinski definition) is 5. The molecule has 3 N–H and O–H groups in total. The van der Waals surface area contributed by atoms with Crippen LogP contribution in [-0.4, -0.2) is 68.1 Å². The van der Waals surface area contributed by atoms with Crippen molar-refractivity contribution in [3.8, 4) is 0 Å². The van der Waals surface area contributed by atoms with Gasteiger partial charge in [-0.25, -0.2) is 0 Å². The lowest BCUT2D eigenvalue weighted by atomic mass is 9.93. The highest BCUT2D eigenvalue weighted by molar-refractivity contribution is 5.79. The van der Waals surface area contributed by atoms with E-state index in [1.807, 2.05) is 11.8 Å². The molecule has 0 aliphatic heterocycles. The maximum Gasteiger partial charge on any atom is 0.325 e. The molecule has 0 aromatic heterocycles. The molecule has 2 atom stereocenters. The van der Waals surface area contributed by atoms with E-state index in [1.165, 1.54) is 0 Å². The van der Waals surface area contributed by atoms with Crippen molar-refractivity contribution >= 4 is 5.97 Å².